The second kappa shape index (κ2) is 7.44. The first-order valence-electron chi connectivity index (χ1n) is 6.79. The zero-order valence-electron chi connectivity index (χ0n) is 12.3. The minimum absolute atomic E-state index is 0.0623. The summed E-state index contributed by atoms with van der Waals surface area (Å²) in [7, 11) is 1.60. The van der Waals surface area contributed by atoms with Gasteiger partial charge < -0.3 is 24.8 Å². The third-order valence-corrected chi connectivity index (χ3v) is 3.51. The number of amides is 2. The summed E-state index contributed by atoms with van der Waals surface area (Å²) >= 11 is 0. The van der Waals surface area contributed by atoms with E-state index in [-0.39, 0.29) is 25.0 Å². The van der Waals surface area contributed by atoms with Gasteiger partial charge in [0, 0.05) is 32.7 Å². The maximum absolute atomic E-state index is 12.1. The molecule has 20 heavy (non-hydrogen) atoms. The van der Waals surface area contributed by atoms with E-state index >= 15 is 0 Å². The smallest absolute Gasteiger partial charge is 0.317 e. The van der Waals surface area contributed by atoms with Crippen LogP contribution < -0.4 is 5.32 Å². The predicted molar refractivity (Wildman–Crippen MR) is 72.7 cm³/mol. The van der Waals surface area contributed by atoms with Gasteiger partial charge in [-0.05, 0) is 13.8 Å². The highest BCUT2D eigenvalue weighted by Gasteiger charge is 2.35. The van der Waals surface area contributed by atoms with Crippen LogP contribution in [0.15, 0.2) is 0 Å². The monoisotopic (exact) mass is 288 g/mol. The molecule has 1 fully saturated rings. The Hall–Kier alpha value is -1.34. The molecule has 0 aromatic heterocycles. The zero-order valence-corrected chi connectivity index (χ0v) is 12.3. The second-order valence-corrected chi connectivity index (χ2v) is 5.28. The Balaban J connectivity index is 2.51. The summed E-state index contributed by atoms with van der Waals surface area (Å²) in [6.07, 6.45) is 0.671. The van der Waals surface area contributed by atoms with Crippen molar-refractivity contribution in [3.63, 3.8) is 0 Å². The molecule has 2 amide bonds. The first kappa shape index (κ1) is 16.7. The molecule has 1 atom stereocenters. The number of hydrogen-bond donors (Lipinski definition) is 2. The fourth-order valence-electron chi connectivity index (χ4n) is 2.11. The molecule has 0 spiro atoms. The zero-order chi connectivity index (χ0) is 15.2. The molecule has 0 saturated carbocycles. The molecule has 1 rings (SSSR count). The molecular weight excluding hydrogens is 264 g/mol. The van der Waals surface area contributed by atoms with Gasteiger partial charge in [0.05, 0.1) is 19.6 Å². The van der Waals surface area contributed by atoms with Crippen molar-refractivity contribution in [2.24, 2.45) is 0 Å². The average Bonchev–Trinajstić information content (AvgIpc) is 2.85. The fraction of sp³-hybridized carbons (Fsp3) is 0.846. The first-order chi connectivity index (χ1) is 9.40. The number of carbonyl (C=O) groups is 2. The summed E-state index contributed by atoms with van der Waals surface area (Å²) in [5.41, 5.74) is -0.467. The van der Waals surface area contributed by atoms with E-state index in [4.69, 9.17) is 14.6 Å². The fourth-order valence-corrected chi connectivity index (χ4v) is 2.11. The standard InChI is InChI=1S/C13H24N2O5/c1-10(2)15(6-4-11(16)17)12(18)14-8-13(19-3)5-7-20-9-13/h10H,4-9H2,1-3H3,(H,14,18)(H,16,17). The van der Waals surface area contributed by atoms with Crippen LogP contribution in [0.5, 0.6) is 0 Å². The molecule has 2 N–H and O–H groups in total. The number of methoxy groups -OCH3 is 1. The summed E-state index contributed by atoms with van der Waals surface area (Å²) in [5.74, 6) is -0.916. The molecule has 1 heterocycles. The molecule has 0 aromatic rings. The highest BCUT2D eigenvalue weighted by Crippen LogP contribution is 2.21. The molecule has 116 valence electrons. The number of aliphatic carboxylic acids is 1. The third-order valence-electron chi connectivity index (χ3n) is 3.51. The SMILES string of the molecule is COC1(CNC(=O)N(CCC(=O)O)C(C)C)CCOC1. The second-order valence-electron chi connectivity index (χ2n) is 5.28. The van der Waals surface area contributed by atoms with Crippen molar-refractivity contribution in [3.8, 4) is 0 Å². The molecule has 0 radical (unpaired) electrons. The molecule has 0 aliphatic carbocycles. The lowest BCUT2D eigenvalue weighted by molar-refractivity contribution is -0.137. The molecule has 0 bridgehead atoms. The van der Waals surface area contributed by atoms with E-state index in [1.807, 2.05) is 13.8 Å². The average molecular weight is 288 g/mol. The summed E-state index contributed by atoms with van der Waals surface area (Å²) in [6, 6.07) is -0.336. The van der Waals surface area contributed by atoms with Gasteiger partial charge in [0.1, 0.15) is 5.60 Å². The van der Waals surface area contributed by atoms with Crippen LogP contribution in [0.25, 0.3) is 0 Å². The van der Waals surface area contributed by atoms with Gasteiger partial charge in [-0.3, -0.25) is 4.79 Å². The lowest BCUT2D eigenvalue weighted by Gasteiger charge is -2.30. The van der Waals surface area contributed by atoms with E-state index in [0.29, 0.717) is 19.8 Å². The molecule has 1 aliphatic heterocycles. The number of carboxylic acids is 1. The van der Waals surface area contributed by atoms with Gasteiger partial charge >= 0.3 is 12.0 Å². The van der Waals surface area contributed by atoms with Crippen molar-refractivity contribution in [3.05, 3.63) is 0 Å². The largest absolute Gasteiger partial charge is 0.481 e. The maximum atomic E-state index is 12.1. The Labute approximate surface area is 119 Å². The van der Waals surface area contributed by atoms with Gasteiger partial charge in [-0.15, -0.1) is 0 Å². The van der Waals surface area contributed by atoms with Crippen molar-refractivity contribution in [2.45, 2.75) is 38.3 Å². The van der Waals surface area contributed by atoms with E-state index in [1.165, 1.54) is 4.90 Å². The molecule has 1 unspecified atom stereocenters. The van der Waals surface area contributed by atoms with Gasteiger partial charge in [0.2, 0.25) is 0 Å². The van der Waals surface area contributed by atoms with Crippen LogP contribution in [0, 0.1) is 0 Å². The summed E-state index contributed by atoms with van der Waals surface area (Å²) in [5, 5.41) is 11.5. The number of ether oxygens (including phenoxy) is 2. The van der Waals surface area contributed by atoms with Crippen LogP contribution in [0.3, 0.4) is 0 Å². The first-order valence-corrected chi connectivity index (χ1v) is 6.79. The van der Waals surface area contributed by atoms with Crippen LogP contribution in [0.4, 0.5) is 4.79 Å². The van der Waals surface area contributed by atoms with Crippen LogP contribution >= 0.6 is 0 Å². The van der Waals surface area contributed by atoms with Crippen molar-refractivity contribution in [2.75, 3.05) is 33.4 Å². The molecular formula is C13H24N2O5. The maximum Gasteiger partial charge on any atom is 0.317 e. The number of carbonyl (C=O) groups excluding carboxylic acids is 1. The van der Waals surface area contributed by atoms with Crippen molar-refractivity contribution < 1.29 is 24.2 Å². The Kier molecular flexibility index (Phi) is 6.22. The van der Waals surface area contributed by atoms with E-state index in [2.05, 4.69) is 5.32 Å². The molecule has 1 aliphatic rings. The Bertz CT molecular complexity index is 340. The third kappa shape index (κ3) is 4.64. The van der Waals surface area contributed by atoms with Gasteiger partial charge in [-0.2, -0.15) is 0 Å². The molecule has 1 saturated heterocycles. The van der Waals surface area contributed by atoms with E-state index in [9.17, 15) is 9.59 Å². The van der Waals surface area contributed by atoms with E-state index < -0.39 is 11.6 Å². The quantitative estimate of drug-likeness (QED) is 0.719. The van der Waals surface area contributed by atoms with Gasteiger partial charge in [0.15, 0.2) is 0 Å². The summed E-state index contributed by atoms with van der Waals surface area (Å²) in [6.45, 7) is 5.34. The van der Waals surface area contributed by atoms with Crippen LogP contribution in [0.2, 0.25) is 0 Å². The Morgan fingerprint density at radius 1 is 1.50 bits per heavy atom. The number of rotatable bonds is 7. The van der Waals surface area contributed by atoms with Crippen LogP contribution in [-0.2, 0) is 14.3 Å². The Morgan fingerprint density at radius 3 is 2.65 bits per heavy atom. The van der Waals surface area contributed by atoms with Gasteiger partial charge in [-0.25, -0.2) is 4.79 Å². The highest BCUT2D eigenvalue weighted by atomic mass is 16.5. The topological polar surface area (TPSA) is 88.1 Å². The van der Waals surface area contributed by atoms with E-state index in [0.717, 1.165) is 6.42 Å². The number of hydrogen-bond acceptors (Lipinski definition) is 4. The van der Waals surface area contributed by atoms with Gasteiger partial charge in [-0.1, -0.05) is 0 Å². The number of nitrogens with one attached hydrogen (secondary N) is 1. The number of nitrogens with zero attached hydrogens (tertiary/aromatic N) is 1. The van der Waals surface area contributed by atoms with Crippen molar-refractivity contribution in [1.29, 1.82) is 0 Å². The molecule has 0 aromatic carbocycles. The lowest BCUT2D eigenvalue weighted by atomic mass is 10.0. The van der Waals surface area contributed by atoms with Crippen LogP contribution in [0.1, 0.15) is 26.7 Å². The minimum atomic E-state index is -0.916. The summed E-state index contributed by atoms with van der Waals surface area (Å²) < 4.78 is 10.7. The lowest BCUT2D eigenvalue weighted by Crippen LogP contribution is -2.51. The predicted octanol–water partition coefficient (Wildman–Crippen LogP) is 0.687. The number of carboxylic acid groups (broad SMARTS) is 1. The van der Waals surface area contributed by atoms with Gasteiger partial charge in [0.25, 0.3) is 0 Å². The minimum Gasteiger partial charge on any atom is -0.481 e. The number of urea groups is 1. The Morgan fingerprint density at radius 2 is 2.20 bits per heavy atom. The van der Waals surface area contributed by atoms with Crippen molar-refractivity contribution in [1.82, 2.24) is 10.2 Å². The van der Waals surface area contributed by atoms with Crippen LogP contribution in [-0.4, -0.2) is 67.1 Å². The summed E-state index contributed by atoms with van der Waals surface area (Å²) in [4.78, 5) is 24.3. The normalized spacial score (nSPS) is 22.0. The molecule has 7 nitrogen and oxygen atoms in total. The van der Waals surface area contributed by atoms with Crippen molar-refractivity contribution >= 4 is 12.0 Å². The highest BCUT2D eigenvalue weighted by molar-refractivity contribution is 5.75. The molecule has 7 heteroatoms. The van der Waals surface area contributed by atoms with E-state index in [1.54, 1.807) is 7.11 Å².